The lowest BCUT2D eigenvalue weighted by atomic mass is 10.0. The first kappa shape index (κ1) is 10.2. The Morgan fingerprint density at radius 2 is 2.29 bits per heavy atom. The molecule has 0 aliphatic carbocycles. The number of aromatic nitrogens is 1. The standard InChI is InChI=1S/C9H10N4O/c10-6-8(9(14)13-11)5-7-1-3-12-4-2-7/h1-4,8H,5,11H2,(H,13,14). The highest BCUT2D eigenvalue weighted by molar-refractivity contribution is 5.80. The van der Waals surface area contributed by atoms with Gasteiger partial charge in [0, 0.05) is 12.4 Å². The van der Waals surface area contributed by atoms with E-state index in [4.69, 9.17) is 11.1 Å². The summed E-state index contributed by atoms with van der Waals surface area (Å²) in [4.78, 5) is 14.9. The molecule has 5 nitrogen and oxygen atoms in total. The minimum absolute atomic E-state index is 0.349. The summed E-state index contributed by atoms with van der Waals surface area (Å²) in [6.45, 7) is 0. The van der Waals surface area contributed by atoms with E-state index in [9.17, 15) is 4.79 Å². The van der Waals surface area contributed by atoms with Gasteiger partial charge in [-0.15, -0.1) is 0 Å². The molecule has 0 saturated heterocycles. The van der Waals surface area contributed by atoms with Crippen LogP contribution in [0.4, 0.5) is 0 Å². The number of nitrogens with zero attached hydrogens (tertiary/aromatic N) is 2. The van der Waals surface area contributed by atoms with Gasteiger partial charge in [0.15, 0.2) is 0 Å². The fourth-order valence-corrected chi connectivity index (χ4v) is 1.05. The summed E-state index contributed by atoms with van der Waals surface area (Å²) in [7, 11) is 0. The maximum absolute atomic E-state index is 11.1. The number of nitrogens with one attached hydrogen (secondary N) is 1. The Labute approximate surface area is 81.5 Å². The topological polar surface area (TPSA) is 91.8 Å². The molecule has 0 radical (unpaired) electrons. The zero-order chi connectivity index (χ0) is 10.4. The number of rotatable bonds is 3. The van der Waals surface area contributed by atoms with Crippen LogP contribution in [-0.4, -0.2) is 10.9 Å². The normalized spacial score (nSPS) is 11.4. The number of nitrogens with two attached hydrogens (primary N) is 1. The zero-order valence-corrected chi connectivity index (χ0v) is 7.47. The molecule has 3 N–H and O–H groups in total. The summed E-state index contributed by atoms with van der Waals surface area (Å²) in [5.74, 6) is 3.72. The van der Waals surface area contributed by atoms with E-state index in [1.54, 1.807) is 24.5 Å². The molecule has 0 aromatic carbocycles. The lowest BCUT2D eigenvalue weighted by molar-refractivity contribution is -0.123. The Morgan fingerprint density at radius 1 is 1.64 bits per heavy atom. The molecule has 0 bridgehead atoms. The Kier molecular flexibility index (Phi) is 3.58. The molecule has 0 aliphatic heterocycles. The highest BCUT2D eigenvalue weighted by Gasteiger charge is 2.16. The molecular weight excluding hydrogens is 180 g/mol. The van der Waals surface area contributed by atoms with Gasteiger partial charge in [-0.1, -0.05) is 0 Å². The smallest absolute Gasteiger partial charge is 0.251 e. The number of carbonyl (C=O) groups is 1. The molecule has 1 aromatic heterocycles. The summed E-state index contributed by atoms with van der Waals surface area (Å²) in [5.41, 5.74) is 2.84. The molecule has 0 fully saturated rings. The average Bonchev–Trinajstić information content (AvgIpc) is 2.26. The summed E-state index contributed by atoms with van der Waals surface area (Å²) < 4.78 is 0. The second-order valence-corrected chi connectivity index (χ2v) is 2.75. The first-order chi connectivity index (χ1) is 6.77. The van der Waals surface area contributed by atoms with E-state index in [0.717, 1.165) is 5.56 Å². The third-order valence-corrected chi connectivity index (χ3v) is 1.80. The van der Waals surface area contributed by atoms with Crippen LogP contribution in [0.1, 0.15) is 5.56 Å². The van der Waals surface area contributed by atoms with Crippen molar-refractivity contribution in [3.8, 4) is 6.07 Å². The van der Waals surface area contributed by atoms with Crippen LogP contribution in [0.2, 0.25) is 0 Å². The number of hydrazine groups is 1. The predicted molar refractivity (Wildman–Crippen MR) is 49.4 cm³/mol. The Bertz CT molecular complexity index is 344. The monoisotopic (exact) mass is 190 g/mol. The van der Waals surface area contributed by atoms with Crippen molar-refractivity contribution in [2.45, 2.75) is 6.42 Å². The molecular formula is C9H10N4O. The predicted octanol–water partition coefficient (Wildman–Crippen LogP) is -0.246. The Balaban J connectivity index is 2.68. The highest BCUT2D eigenvalue weighted by atomic mass is 16.2. The van der Waals surface area contributed by atoms with Gasteiger partial charge < -0.3 is 0 Å². The minimum Gasteiger partial charge on any atom is -0.293 e. The minimum atomic E-state index is -0.748. The van der Waals surface area contributed by atoms with E-state index in [1.165, 1.54) is 0 Å². The van der Waals surface area contributed by atoms with E-state index >= 15 is 0 Å². The maximum atomic E-state index is 11.1. The van der Waals surface area contributed by atoms with Crippen molar-refractivity contribution in [1.29, 1.82) is 5.26 Å². The molecule has 0 spiro atoms. The molecule has 1 atom stereocenters. The van der Waals surface area contributed by atoms with Gasteiger partial charge in [0.2, 0.25) is 0 Å². The lowest BCUT2D eigenvalue weighted by Crippen LogP contribution is -2.36. The van der Waals surface area contributed by atoms with Crippen molar-refractivity contribution in [2.75, 3.05) is 0 Å². The van der Waals surface area contributed by atoms with Gasteiger partial charge >= 0.3 is 0 Å². The molecule has 1 amide bonds. The third kappa shape index (κ3) is 2.54. The van der Waals surface area contributed by atoms with Crippen LogP contribution < -0.4 is 11.3 Å². The Morgan fingerprint density at radius 3 is 2.79 bits per heavy atom. The van der Waals surface area contributed by atoms with Crippen LogP contribution in [-0.2, 0) is 11.2 Å². The molecule has 1 rings (SSSR count). The fraction of sp³-hybridized carbons (Fsp3) is 0.222. The van der Waals surface area contributed by atoms with Crippen LogP contribution in [0.15, 0.2) is 24.5 Å². The molecule has 0 saturated carbocycles. The van der Waals surface area contributed by atoms with Gasteiger partial charge in [0.1, 0.15) is 5.92 Å². The van der Waals surface area contributed by atoms with Crippen LogP contribution in [0, 0.1) is 17.2 Å². The quantitative estimate of drug-likeness (QED) is 0.390. The number of nitriles is 1. The van der Waals surface area contributed by atoms with Crippen molar-refractivity contribution in [2.24, 2.45) is 11.8 Å². The summed E-state index contributed by atoms with van der Waals surface area (Å²) in [5, 5.41) is 8.71. The van der Waals surface area contributed by atoms with E-state index in [2.05, 4.69) is 4.98 Å². The van der Waals surface area contributed by atoms with Crippen LogP contribution >= 0.6 is 0 Å². The summed E-state index contributed by atoms with van der Waals surface area (Å²) in [6.07, 6.45) is 3.58. The summed E-state index contributed by atoms with van der Waals surface area (Å²) >= 11 is 0. The number of hydrogen-bond donors (Lipinski definition) is 2. The van der Waals surface area contributed by atoms with Gasteiger partial charge in [-0.05, 0) is 24.1 Å². The van der Waals surface area contributed by atoms with Crippen LogP contribution in [0.5, 0.6) is 0 Å². The van der Waals surface area contributed by atoms with E-state index in [-0.39, 0.29) is 0 Å². The van der Waals surface area contributed by atoms with Gasteiger partial charge in [-0.2, -0.15) is 5.26 Å². The van der Waals surface area contributed by atoms with E-state index in [0.29, 0.717) is 6.42 Å². The lowest BCUT2D eigenvalue weighted by Gasteiger charge is -2.06. The molecule has 0 aliphatic rings. The molecule has 1 heterocycles. The van der Waals surface area contributed by atoms with Gasteiger partial charge in [0.25, 0.3) is 5.91 Å². The molecule has 5 heteroatoms. The fourth-order valence-electron chi connectivity index (χ4n) is 1.05. The number of pyridine rings is 1. The number of amides is 1. The van der Waals surface area contributed by atoms with Gasteiger partial charge in [-0.25, -0.2) is 5.84 Å². The van der Waals surface area contributed by atoms with Crippen LogP contribution in [0.3, 0.4) is 0 Å². The average molecular weight is 190 g/mol. The SMILES string of the molecule is N#CC(Cc1ccncc1)C(=O)NN. The third-order valence-electron chi connectivity index (χ3n) is 1.80. The first-order valence-corrected chi connectivity index (χ1v) is 4.07. The van der Waals surface area contributed by atoms with Gasteiger partial charge in [0.05, 0.1) is 6.07 Å². The van der Waals surface area contributed by atoms with Gasteiger partial charge in [-0.3, -0.25) is 15.2 Å². The number of hydrogen-bond acceptors (Lipinski definition) is 4. The zero-order valence-electron chi connectivity index (χ0n) is 7.47. The molecule has 1 unspecified atom stereocenters. The molecule has 1 aromatic rings. The Hall–Kier alpha value is -1.93. The molecule has 14 heavy (non-hydrogen) atoms. The second kappa shape index (κ2) is 4.94. The van der Waals surface area contributed by atoms with Crippen molar-refractivity contribution in [1.82, 2.24) is 10.4 Å². The summed E-state index contributed by atoms with van der Waals surface area (Å²) in [6, 6.07) is 5.40. The van der Waals surface area contributed by atoms with Crippen LogP contribution in [0.25, 0.3) is 0 Å². The second-order valence-electron chi connectivity index (χ2n) is 2.75. The highest BCUT2D eigenvalue weighted by Crippen LogP contribution is 2.06. The van der Waals surface area contributed by atoms with Crippen molar-refractivity contribution < 1.29 is 4.79 Å². The van der Waals surface area contributed by atoms with E-state index in [1.807, 2.05) is 11.5 Å². The largest absolute Gasteiger partial charge is 0.293 e. The van der Waals surface area contributed by atoms with Crippen molar-refractivity contribution in [3.63, 3.8) is 0 Å². The van der Waals surface area contributed by atoms with Crippen molar-refractivity contribution in [3.05, 3.63) is 30.1 Å². The first-order valence-electron chi connectivity index (χ1n) is 4.07. The van der Waals surface area contributed by atoms with E-state index < -0.39 is 11.8 Å². The maximum Gasteiger partial charge on any atom is 0.251 e. The number of carbonyl (C=O) groups excluding carboxylic acids is 1. The molecule has 72 valence electrons. The van der Waals surface area contributed by atoms with Crippen molar-refractivity contribution >= 4 is 5.91 Å².